The molecule has 1 aromatic carbocycles. The number of amides is 1. The number of rotatable bonds is 18. The highest BCUT2D eigenvalue weighted by Crippen LogP contribution is 2.17. The van der Waals surface area contributed by atoms with Gasteiger partial charge >= 0.3 is 6.09 Å². The van der Waals surface area contributed by atoms with Crippen LogP contribution in [0.2, 0.25) is 0 Å². The third kappa shape index (κ3) is 10.2. The Balaban J connectivity index is 1.78. The van der Waals surface area contributed by atoms with E-state index in [2.05, 4.69) is 12.0 Å². The van der Waals surface area contributed by atoms with E-state index in [-0.39, 0.29) is 12.4 Å². The molecule has 1 amide bonds. The maximum absolute atomic E-state index is 13.0. The van der Waals surface area contributed by atoms with Crippen molar-refractivity contribution in [2.24, 2.45) is 12.1 Å². The molecule has 9 heteroatoms. The topological polar surface area (TPSA) is 81.0 Å². The number of para-hydroxylation sites is 1. The van der Waals surface area contributed by atoms with Crippen molar-refractivity contribution in [1.82, 2.24) is 8.98 Å². The van der Waals surface area contributed by atoms with Gasteiger partial charge in [0.2, 0.25) is 4.80 Å². The second-order valence-electron chi connectivity index (χ2n) is 9.37. The first kappa shape index (κ1) is 30.4. The molecule has 2 rings (SSSR count). The van der Waals surface area contributed by atoms with E-state index in [9.17, 15) is 13.2 Å². The first-order valence-electron chi connectivity index (χ1n) is 13.7. The molecule has 2 aromatic rings. The summed E-state index contributed by atoms with van der Waals surface area (Å²) >= 11 is 1.33. The molecule has 0 bridgehead atoms. The lowest BCUT2D eigenvalue weighted by Gasteiger charge is -2.16. The van der Waals surface area contributed by atoms with Crippen LogP contribution in [0.3, 0.4) is 0 Å². The van der Waals surface area contributed by atoms with Gasteiger partial charge in [0.25, 0.3) is 10.0 Å². The number of aromatic nitrogens is 1. The lowest BCUT2D eigenvalue weighted by molar-refractivity contribution is 0.130. The zero-order valence-electron chi connectivity index (χ0n) is 22.4. The van der Waals surface area contributed by atoms with Gasteiger partial charge in [0, 0.05) is 7.05 Å². The maximum atomic E-state index is 13.0. The van der Waals surface area contributed by atoms with Gasteiger partial charge in [-0.1, -0.05) is 118 Å². The smallest absolute Gasteiger partial charge is 0.445 e. The molecule has 204 valence electrons. The van der Waals surface area contributed by atoms with Crippen LogP contribution in [0.1, 0.15) is 104 Å². The van der Waals surface area contributed by atoms with E-state index in [0.717, 1.165) is 29.5 Å². The molecule has 0 saturated heterocycles. The van der Waals surface area contributed by atoms with E-state index >= 15 is 0 Å². The van der Waals surface area contributed by atoms with Gasteiger partial charge < -0.3 is 9.30 Å². The zero-order chi connectivity index (χ0) is 26.2. The highest BCUT2D eigenvalue weighted by Gasteiger charge is 2.29. The summed E-state index contributed by atoms with van der Waals surface area (Å²) < 4.78 is 34.4. The van der Waals surface area contributed by atoms with Crippen LogP contribution in [0.5, 0.6) is 0 Å². The molecule has 36 heavy (non-hydrogen) atoms. The number of thiazole rings is 1. The third-order valence-corrected chi connectivity index (χ3v) is 9.00. The molecule has 0 unspecified atom stereocenters. The summed E-state index contributed by atoms with van der Waals surface area (Å²) in [5, 5.41) is 4.22. The third-order valence-electron chi connectivity index (χ3n) is 6.33. The second kappa shape index (κ2) is 16.8. The predicted octanol–water partition coefficient (Wildman–Crippen LogP) is 7.33. The van der Waals surface area contributed by atoms with Crippen LogP contribution in [0.25, 0.3) is 10.2 Å². The lowest BCUT2D eigenvalue weighted by atomic mass is 10.0. The number of ether oxygens (including phenoxy) is 1. The molecule has 0 saturated carbocycles. The number of aryl methyl sites for hydroxylation is 1. The Hall–Kier alpha value is -1.87. The summed E-state index contributed by atoms with van der Waals surface area (Å²) in [6.45, 7) is 3.98. The lowest BCUT2D eigenvalue weighted by Crippen LogP contribution is -2.37. The van der Waals surface area contributed by atoms with Crippen LogP contribution in [-0.4, -0.2) is 35.9 Å². The van der Waals surface area contributed by atoms with Gasteiger partial charge in [-0.3, -0.25) is 0 Å². The van der Waals surface area contributed by atoms with Crippen LogP contribution in [0.4, 0.5) is 4.79 Å². The van der Waals surface area contributed by atoms with Crippen molar-refractivity contribution in [2.45, 2.75) is 104 Å². The van der Waals surface area contributed by atoms with Gasteiger partial charge in [0.15, 0.2) is 0 Å². The number of carbonyl (C=O) groups is 1. The zero-order valence-corrected chi connectivity index (χ0v) is 24.0. The Kier molecular flexibility index (Phi) is 14.2. The number of hydrogen-bond acceptors (Lipinski definition) is 6. The minimum absolute atomic E-state index is 0.0811. The van der Waals surface area contributed by atoms with Crippen LogP contribution in [0, 0.1) is 0 Å². The fraction of sp³-hybridized carbons (Fsp3) is 0.704. The monoisotopic (exact) mass is 539 g/mol. The maximum Gasteiger partial charge on any atom is 0.445 e. The van der Waals surface area contributed by atoms with E-state index in [1.165, 1.54) is 75.5 Å². The fourth-order valence-electron chi connectivity index (χ4n) is 4.22. The summed E-state index contributed by atoms with van der Waals surface area (Å²) in [5.41, 5.74) is 0.925. The van der Waals surface area contributed by atoms with Crippen LogP contribution in [0.15, 0.2) is 29.4 Å². The predicted molar refractivity (Wildman–Crippen MR) is 149 cm³/mol. The number of unbranched alkanes of at least 4 members (excludes halogenated alkanes) is 13. The molecule has 0 aliphatic carbocycles. The normalized spacial score (nSPS) is 12.4. The van der Waals surface area contributed by atoms with Gasteiger partial charge in [0.1, 0.15) is 0 Å². The van der Waals surface area contributed by atoms with Gasteiger partial charge in [-0.25, -0.2) is 13.2 Å². The highest BCUT2D eigenvalue weighted by molar-refractivity contribution is 7.89. The Bertz CT molecular complexity index is 1080. The van der Waals surface area contributed by atoms with Crippen molar-refractivity contribution in [2.75, 3.05) is 12.4 Å². The standard InChI is InChI=1S/C27H45N3O4S2/c1-4-6-7-8-9-10-11-12-13-14-15-16-17-20-23-36(32,33)30(27(31)34-5-2)28-26-29(3)24-21-18-19-22-25(24)35-26/h18-19,21-22H,4-17,20,23H2,1-3H3. The summed E-state index contributed by atoms with van der Waals surface area (Å²) in [6, 6.07) is 7.70. The molecule has 0 N–H and O–H groups in total. The van der Waals surface area contributed by atoms with Crippen molar-refractivity contribution >= 4 is 37.7 Å². The van der Waals surface area contributed by atoms with Gasteiger partial charge in [-0.2, -0.15) is 0 Å². The fourth-order valence-corrected chi connectivity index (χ4v) is 6.50. The Morgan fingerprint density at radius 1 is 0.889 bits per heavy atom. The minimum atomic E-state index is -3.93. The van der Waals surface area contributed by atoms with E-state index in [4.69, 9.17) is 4.74 Å². The van der Waals surface area contributed by atoms with E-state index in [1.54, 1.807) is 18.5 Å². The Labute approximate surface area is 221 Å². The summed E-state index contributed by atoms with van der Waals surface area (Å²) in [5.74, 6) is -0.123. The Morgan fingerprint density at radius 3 is 1.94 bits per heavy atom. The first-order chi connectivity index (χ1) is 17.4. The quantitative estimate of drug-likeness (QED) is 0.147. The highest BCUT2D eigenvalue weighted by atomic mass is 32.2. The van der Waals surface area contributed by atoms with Gasteiger partial charge in [-0.15, -0.1) is 5.10 Å². The van der Waals surface area contributed by atoms with Crippen molar-refractivity contribution < 1.29 is 17.9 Å². The van der Waals surface area contributed by atoms with Gasteiger partial charge in [0.05, 0.1) is 22.6 Å². The van der Waals surface area contributed by atoms with E-state index in [1.807, 2.05) is 24.3 Å². The summed E-state index contributed by atoms with van der Waals surface area (Å²) in [7, 11) is -2.12. The molecule has 0 spiro atoms. The molecule has 0 fully saturated rings. The second-order valence-corrected chi connectivity index (χ2v) is 12.3. The number of benzene rings is 1. The first-order valence-corrected chi connectivity index (χ1v) is 16.1. The molecule has 0 aliphatic rings. The minimum Gasteiger partial charge on any atom is -0.448 e. The van der Waals surface area contributed by atoms with Crippen LogP contribution < -0.4 is 4.80 Å². The van der Waals surface area contributed by atoms with E-state index in [0.29, 0.717) is 15.6 Å². The molecule has 1 aromatic heterocycles. The number of carbonyl (C=O) groups excluding carboxylic acids is 1. The molecular weight excluding hydrogens is 494 g/mol. The number of hydrogen-bond donors (Lipinski definition) is 0. The summed E-state index contributed by atoms with van der Waals surface area (Å²) in [6.07, 6.45) is 15.7. The largest absolute Gasteiger partial charge is 0.448 e. The SMILES string of the molecule is CCCCCCCCCCCCCCCCS(=O)(=O)N(N=c1sc2ccccc2n1C)C(=O)OCC. The molecule has 0 atom stereocenters. The van der Waals surface area contributed by atoms with Gasteiger partial charge in [-0.05, 0) is 25.5 Å². The molecule has 7 nitrogen and oxygen atoms in total. The molecule has 0 aliphatic heterocycles. The molecular formula is C27H45N3O4S2. The number of sulfonamides is 1. The Morgan fingerprint density at radius 2 is 1.42 bits per heavy atom. The van der Waals surface area contributed by atoms with Crippen LogP contribution in [-0.2, 0) is 21.8 Å². The van der Waals surface area contributed by atoms with E-state index < -0.39 is 16.1 Å². The molecule has 1 heterocycles. The van der Waals surface area contributed by atoms with Crippen molar-refractivity contribution in [3.8, 4) is 0 Å². The average molecular weight is 540 g/mol. The van der Waals surface area contributed by atoms with Crippen molar-refractivity contribution in [3.63, 3.8) is 0 Å². The van der Waals surface area contributed by atoms with Crippen molar-refractivity contribution in [1.29, 1.82) is 0 Å². The average Bonchev–Trinajstić information content (AvgIpc) is 3.18. The molecule has 0 radical (unpaired) electrons. The van der Waals surface area contributed by atoms with Crippen LogP contribution >= 0.6 is 11.3 Å². The van der Waals surface area contributed by atoms with Crippen molar-refractivity contribution in [3.05, 3.63) is 29.1 Å². The number of fused-ring (bicyclic) bond motifs is 1. The number of nitrogens with zero attached hydrogens (tertiary/aromatic N) is 3. The summed E-state index contributed by atoms with van der Waals surface area (Å²) in [4.78, 5) is 12.9.